The summed E-state index contributed by atoms with van der Waals surface area (Å²) in [6.45, 7) is 1.99. The van der Waals surface area contributed by atoms with Crippen LogP contribution in [0.4, 0.5) is 0 Å². The molecule has 0 bridgehead atoms. The molecule has 5 heteroatoms. The number of para-hydroxylation sites is 1. The summed E-state index contributed by atoms with van der Waals surface area (Å²) in [5, 5.41) is 3.53. The Morgan fingerprint density at radius 2 is 1.66 bits per heavy atom. The molecule has 0 saturated heterocycles. The van der Waals surface area contributed by atoms with Crippen molar-refractivity contribution < 1.29 is 13.2 Å². The van der Waals surface area contributed by atoms with Crippen molar-refractivity contribution in [1.82, 2.24) is 0 Å². The predicted octanol–water partition coefficient (Wildman–Crippen LogP) is 5.84. The van der Waals surface area contributed by atoms with Crippen LogP contribution in [0.25, 0.3) is 10.8 Å². The monoisotopic (exact) mass is 422 g/mol. The van der Waals surface area contributed by atoms with Gasteiger partial charge < -0.3 is 4.74 Å². The smallest absolute Gasteiger partial charge is 0.216 e. The van der Waals surface area contributed by atoms with E-state index in [1.54, 1.807) is 24.6 Å². The third-order valence-electron chi connectivity index (χ3n) is 5.09. The van der Waals surface area contributed by atoms with E-state index in [1.165, 1.54) is 11.3 Å². The van der Waals surface area contributed by atoms with Gasteiger partial charge >= 0.3 is 0 Å². The molecule has 0 spiro atoms. The van der Waals surface area contributed by atoms with Crippen LogP contribution < -0.4 is 4.74 Å². The standard InChI is InChI=1S/C24H22O3S2/c1-17-9-10-18-11-13-20(14-12-19-6-3-4-7-22(19)27-2)24(21(18)16-17)29(25,26)23-8-5-15-28-23/h3-11,13,15-16H,12,14H2,1-2H3. The van der Waals surface area contributed by atoms with Gasteiger partial charge in [0.1, 0.15) is 9.96 Å². The minimum absolute atomic E-state index is 0.380. The van der Waals surface area contributed by atoms with Crippen molar-refractivity contribution in [1.29, 1.82) is 0 Å². The number of thiophene rings is 1. The Balaban J connectivity index is 1.86. The van der Waals surface area contributed by atoms with Crippen LogP contribution in [0.2, 0.25) is 0 Å². The van der Waals surface area contributed by atoms with E-state index in [1.807, 2.05) is 61.5 Å². The lowest BCUT2D eigenvalue weighted by Crippen LogP contribution is -2.07. The maximum absolute atomic E-state index is 13.6. The molecule has 29 heavy (non-hydrogen) atoms. The first kappa shape index (κ1) is 19.7. The van der Waals surface area contributed by atoms with Gasteiger partial charge in [0.05, 0.1) is 12.0 Å². The number of fused-ring (bicyclic) bond motifs is 1. The van der Waals surface area contributed by atoms with Gasteiger partial charge in [0.2, 0.25) is 9.84 Å². The summed E-state index contributed by atoms with van der Waals surface area (Å²) in [5.74, 6) is 0.826. The van der Waals surface area contributed by atoms with E-state index in [0.29, 0.717) is 21.9 Å². The summed E-state index contributed by atoms with van der Waals surface area (Å²) in [6.07, 6.45) is 1.32. The quantitative estimate of drug-likeness (QED) is 0.392. The molecule has 3 nitrogen and oxygen atoms in total. The van der Waals surface area contributed by atoms with E-state index in [0.717, 1.165) is 33.2 Å². The molecule has 0 aliphatic carbocycles. The van der Waals surface area contributed by atoms with Gasteiger partial charge in [-0.25, -0.2) is 8.42 Å². The molecule has 3 aromatic carbocycles. The van der Waals surface area contributed by atoms with Crippen LogP contribution in [-0.2, 0) is 22.7 Å². The van der Waals surface area contributed by atoms with Gasteiger partial charge in [-0.3, -0.25) is 0 Å². The topological polar surface area (TPSA) is 43.4 Å². The third-order valence-corrected chi connectivity index (χ3v) is 8.39. The van der Waals surface area contributed by atoms with Crippen LogP contribution in [0.5, 0.6) is 5.75 Å². The van der Waals surface area contributed by atoms with E-state index >= 15 is 0 Å². The Kier molecular flexibility index (Phi) is 5.43. The highest BCUT2D eigenvalue weighted by atomic mass is 32.2. The highest BCUT2D eigenvalue weighted by molar-refractivity contribution is 7.93. The lowest BCUT2D eigenvalue weighted by molar-refractivity contribution is 0.409. The van der Waals surface area contributed by atoms with Crippen molar-refractivity contribution in [3.05, 3.63) is 88.8 Å². The average Bonchev–Trinajstić information content (AvgIpc) is 3.27. The number of aryl methyl sites for hydroxylation is 3. The number of hydrogen-bond acceptors (Lipinski definition) is 4. The number of benzene rings is 3. The average molecular weight is 423 g/mol. The molecule has 0 atom stereocenters. The second kappa shape index (κ2) is 8.01. The zero-order valence-electron chi connectivity index (χ0n) is 16.4. The lowest BCUT2D eigenvalue weighted by atomic mass is 9.99. The van der Waals surface area contributed by atoms with Crippen molar-refractivity contribution in [3.63, 3.8) is 0 Å². The van der Waals surface area contributed by atoms with Crippen molar-refractivity contribution in [2.45, 2.75) is 28.9 Å². The predicted molar refractivity (Wildman–Crippen MR) is 119 cm³/mol. The van der Waals surface area contributed by atoms with Gasteiger partial charge in [-0.05, 0) is 53.8 Å². The van der Waals surface area contributed by atoms with E-state index in [-0.39, 0.29) is 0 Å². The number of ether oxygens (including phenoxy) is 1. The summed E-state index contributed by atoms with van der Waals surface area (Å²) in [6, 6.07) is 21.3. The van der Waals surface area contributed by atoms with Gasteiger partial charge in [-0.15, -0.1) is 11.3 Å². The molecular weight excluding hydrogens is 400 g/mol. The maximum Gasteiger partial charge on any atom is 0.216 e. The normalized spacial score (nSPS) is 11.7. The minimum atomic E-state index is -3.60. The summed E-state index contributed by atoms with van der Waals surface area (Å²) in [7, 11) is -1.95. The second-order valence-corrected chi connectivity index (χ2v) is 10.1. The number of hydrogen-bond donors (Lipinski definition) is 0. The molecule has 4 rings (SSSR count). The largest absolute Gasteiger partial charge is 0.496 e. The molecule has 0 N–H and O–H groups in total. The Bertz CT molecular complexity index is 1260. The number of sulfone groups is 1. The van der Waals surface area contributed by atoms with Gasteiger partial charge in [0, 0.05) is 5.39 Å². The van der Waals surface area contributed by atoms with Crippen LogP contribution in [0.1, 0.15) is 16.7 Å². The highest BCUT2D eigenvalue weighted by Crippen LogP contribution is 2.35. The van der Waals surface area contributed by atoms with Crippen LogP contribution in [-0.4, -0.2) is 15.5 Å². The molecule has 0 amide bonds. The fourth-order valence-electron chi connectivity index (χ4n) is 3.66. The van der Waals surface area contributed by atoms with Crippen molar-refractivity contribution >= 4 is 31.9 Å². The van der Waals surface area contributed by atoms with Crippen LogP contribution >= 0.6 is 11.3 Å². The fourth-order valence-corrected chi connectivity index (χ4v) is 6.47. The molecule has 0 saturated carbocycles. The number of methoxy groups -OCH3 is 1. The molecule has 0 aliphatic rings. The highest BCUT2D eigenvalue weighted by Gasteiger charge is 2.25. The number of rotatable bonds is 6. The summed E-state index contributed by atoms with van der Waals surface area (Å²) in [5.41, 5.74) is 2.95. The Hall–Kier alpha value is -2.63. The Morgan fingerprint density at radius 3 is 2.41 bits per heavy atom. The zero-order valence-corrected chi connectivity index (χ0v) is 18.0. The van der Waals surface area contributed by atoms with E-state index < -0.39 is 9.84 Å². The van der Waals surface area contributed by atoms with Gasteiger partial charge in [0.15, 0.2) is 0 Å². The molecule has 0 unspecified atom stereocenters. The third kappa shape index (κ3) is 3.80. The molecule has 0 radical (unpaired) electrons. The Morgan fingerprint density at radius 1 is 0.897 bits per heavy atom. The van der Waals surface area contributed by atoms with E-state index in [2.05, 4.69) is 0 Å². The Labute approximate surface area is 175 Å². The van der Waals surface area contributed by atoms with Crippen molar-refractivity contribution in [2.75, 3.05) is 7.11 Å². The lowest BCUT2D eigenvalue weighted by Gasteiger charge is -2.15. The minimum Gasteiger partial charge on any atom is -0.496 e. The molecule has 1 heterocycles. The van der Waals surface area contributed by atoms with Gasteiger partial charge in [-0.1, -0.05) is 60.2 Å². The van der Waals surface area contributed by atoms with Gasteiger partial charge in [-0.2, -0.15) is 0 Å². The maximum atomic E-state index is 13.6. The summed E-state index contributed by atoms with van der Waals surface area (Å²) < 4.78 is 33.0. The van der Waals surface area contributed by atoms with Crippen LogP contribution in [0, 0.1) is 6.92 Å². The first-order chi connectivity index (χ1) is 14.0. The molecular formula is C24H22O3S2. The first-order valence-electron chi connectivity index (χ1n) is 9.43. The summed E-state index contributed by atoms with van der Waals surface area (Å²) >= 11 is 1.26. The first-order valence-corrected chi connectivity index (χ1v) is 11.8. The molecule has 0 fully saturated rings. The van der Waals surface area contributed by atoms with E-state index in [9.17, 15) is 8.42 Å². The SMILES string of the molecule is COc1ccccc1CCc1ccc2ccc(C)cc2c1S(=O)(=O)c1cccs1. The fraction of sp³-hybridized carbons (Fsp3) is 0.167. The van der Waals surface area contributed by atoms with Crippen molar-refractivity contribution in [2.24, 2.45) is 0 Å². The van der Waals surface area contributed by atoms with Crippen LogP contribution in [0.15, 0.2) is 81.2 Å². The van der Waals surface area contributed by atoms with Gasteiger partial charge in [0.25, 0.3) is 0 Å². The molecule has 4 aromatic rings. The van der Waals surface area contributed by atoms with Crippen LogP contribution in [0.3, 0.4) is 0 Å². The molecule has 1 aromatic heterocycles. The van der Waals surface area contributed by atoms with Crippen molar-refractivity contribution in [3.8, 4) is 5.75 Å². The second-order valence-electron chi connectivity index (χ2n) is 7.03. The molecule has 0 aliphatic heterocycles. The van der Waals surface area contributed by atoms with E-state index in [4.69, 9.17) is 4.74 Å². The molecule has 148 valence electrons. The zero-order chi connectivity index (χ0) is 20.4. The summed E-state index contributed by atoms with van der Waals surface area (Å²) in [4.78, 5) is 0.427.